The van der Waals surface area contributed by atoms with Crippen molar-refractivity contribution in [3.05, 3.63) is 83.6 Å². The minimum absolute atomic E-state index is 0.0259. The van der Waals surface area contributed by atoms with E-state index in [1.54, 1.807) is 12.1 Å². The largest absolute Gasteiger partial charge is 0.370 e. The minimum atomic E-state index is -0.880. The lowest BCUT2D eigenvalue weighted by Crippen LogP contribution is -2.16. The van der Waals surface area contributed by atoms with Gasteiger partial charge in [0.05, 0.1) is 5.69 Å². The first-order valence-corrected chi connectivity index (χ1v) is 8.08. The molecule has 0 radical (unpaired) electrons. The number of aromatic nitrogens is 2. The Morgan fingerprint density at radius 1 is 0.926 bits per heavy atom. The number of carbonyl (C=O) groups is 1. The maximum atomic E-state index is 13.6. The lowest BCUT2D eigenvalue weighted by atomic mass is 10.1. The summed E-state index contributed by atoms with van der Waals surface area (Å²) in [7, 11) is 0. The van der Waals surface area contributed by atoms with Gasteiger partial charge in [0, 0.05) is 18.7 Å². The van der Waals surface area contributed by atoms with Gasteiger partial charge in [0.2, 0.25) is 0 Å². The van der Waals surface area contributed by atoms with Gasteiger partial charge >= 0.3 is 0 Å². The highest BCUT2D eigenvalue weighted by atomic mass is 19.1. The molecule has 0 aliphatic heterocycles. The maximum absolute atomic E-state index is 13.6. The van der Waals surface area contributed by atoms with Gasteiger partial charge in [0.25, 0.3) is 5.91 Å². The molecule has 8 heteroatoms. The second-order valence-corrected chi connectivity index (χ2v) is 5.67. The molecule has 1 amide bonds. The van der Waals surface area contributed by atoms with Crippen molar-refractivity contribution in [2.24, 2.45) is 0 Å². The van der Waals surface area contributed by atoms with E-state index in [1.807, 2.05) is 0 Å². The molecule has 1 aromatic heterocycles. The predicted molar refractivity (Wildman–Crippen MR) is 94.9 cm³/mol. The molecule has 0 fully saturated rings. The van der Waals surface area contributed by atoms with E-state index in [-0.39, 0.29) is 17.2 Å². The summed E-state index contributed by atoms with van der Waals surface area (Å²) in [6, 6.07) is 10.4. The zero-order valence-corrected chi connectivity index (χ0v) is 14.0. The Morgan fingerprint density at radius 3 is 2.41 bits per heavy atom. The summed E-state index contributed by atoms with van der Waals surface area (Å²) in [5.74, 6) is -2.15. The number of hydrogen-bond acceptors (Lipinski definition) is 4. The molecule has 0 aliphatic rings. The molecule has 3 aromatic rings. The normalized spacial score (nSPS) is 10.5. The molecule has 0 unspecified atom stereocenters. The Labute approximate surface area is 153 Å². The quantitative estimate of drug-likeness (QED) is 0.691. The zero-order chi connectivity index (χ0) is 19.2. The van der Waals surface area contributed by atoms with Crippen LogP contribution in [-0.4, -0.2) is 22.4 Å². The van der Waals surface area contributed by atoms with Crippen molar-refractivity contribution in [1.82, 2.24) is 9.97 Å². The Morgan fingerprint density at radius 2 is 1.67 bits per heavy atom. The van der Waals surface area contributed by atoms with Crippen LogP contribution in [0.15, 0.2) is 54.9 Å². The van der Waals surface area contributed by atoms with Crippen LogP contribution >= 0.6 is 0 Å². The Kier molecular flexibility index (Phi) is 5.65. The summed E-state index contributed by atoms with van der Waals surface area (Å²) < 4.78 is 39.4. The molecule has 138 valence electrons. The monoisotopic (exact) mass is 372 g/mol. The summed E-state index contributed by atoms with van der Waals surface area (Å²) >= 11 is 0. The van der Waals surface area contributed by atoms with E-state index in [0.29, 0.717) is 24.8 Å². The molecule has 2 aromatic carbocycles. The van der Waals surface area contributed by atoms with Crippen molar-refractivity contribution in [3.63, 3.8) is 0 Å². The summed E-state index contributed by atoms with van der Waals surface area (Å²) in [5, 5.41) is 5.37. The topological polar surface area (TPSA) is 66.9 Å². The second-order valence-electron chi connectivity index (χ2n) is 5.67. The predicted octanol–water partition coefficient (Wildman–Crippen LogP) is 3.80. The number of nitrogens with zero attached hydrogens (tertiary/aromatic N) is 2. The van der Waals surface area contributed by atoms with Crippen molar-refractivity contribution < 1.29 is 18.0 Å². The third kappa shape index (κ3) is 5.04. The molecule has 0 bridgehead atoms. The first-order chi connectivity index (χ1) is 13.0. The molecular formula is C19H15F3N4O. The van der Waals surface area contributed by atoms with Gasteiger partial charge in [-0.05, 0) is 36.2 Å². The van der Waals surface area contributed by atoms with E-state index in [2.05, 4.69) is 20.6 Å². The average Bonchev–Trinajstić information content (AvgIpc) is 2.66. The molecule has 0 saturated heterocycles. The van der Waals surface area contributed by atoms with E-state index in [9.17, 15) is 18.0 Å². The number of hydrogen-bond donors (Lipinski definition) is 2. The third-order valence-corrected chi connectivity index (χ3v) is 3.71. The second kappa shape index (κ2) is 8.31. The number of benzene rings is 2. The summed E-state index contributed by atoms with van der Waals surface area (Å²) in [4.78, 5) is 20.1. The van der Waals surface area contributed by atoms with Gasteiger partial charge in [0.1, 0.15) is 35.3 Å². The number of amides is 1. The molecule has 1 heterocycles. The van der Waals surface area contributed by atoms with Crippen molar-refractivity contribution in [1.29, 1.82) is 0 Å². The molecule has 0 saturated carbocycles. The van der Waals surface area contributed by atoms with Crippen molar-refractivity contribution in [2.45, 2.75) is 6.42 Å². The third-order valence-electron chi connectivity index (χ3n) is 3.71. The van der Waals surface area contributed by atoms with Gasteiger partial charge in [-0.3, -0.25) is 4.79 Å². The number of carbonyl (C=O) groups excluding carboxylic acids is 1. The average molecular weight is 372 g/mol. The number of rotatable bonds is 6. The van der Waals surface area contributed by atoms with Gasteiger partial charge < -0.3 is 10.6 Å². The Bertz CT molecular complexity index is 948. The lowest BCUT2D eigenvalue weighted by molar-refractivity contribution is 0.102. The molecule has 0 spiro atoms. The van der Waals surface area contributed by atoms with Crippen molar-refractivity contribution >= 4 is 17.4 Å². The van der Waals surface area contributed by atoms with Crippen LogP contribution in [0.5, 0.6) is 0 Å². The highest BCUT2D eigenvalue weighted by Gasteiger charge is 2.12. The molecule has 3 rings (SSSR count). The summed E-state index contributed by atoms with van der Waals surface area (Å²) in [6.45, 7) is 0.510. The number of anilines is 2. The van der Waals surface area contributed by atoms with Gasteiger partial charge in [-0.2, -0.15) is 0 Å². The van der Waals surface area contributed by atoms with Crippen LogP contribution in [-0.2, 0) is 6.42 Å². The molecule has 5 nitrogen and oxygen atoms in total. The van der Waals surface area contributed by atoms with Crippen molar-refractivity contribution in [2.75, 3.05) is 17.2 Å². The van der Waals surface area contributed by atoms with E-state index in [4.69, 9.17) is 0 Å². The van der Waals surface area contributed by atoms with E-state index in [1.165, 1.54) is 24.5 Å². The van der Waals surface area contributed by atoms with Crippen LogP contribution in [0.3, 0.4) is 0 Å². The highest BCUT2D eigenvalue weighted by Crippen LogP contribution is 2.16. The van der Waals surface area contributed by atoms with E-state index in [0.717, 1.165) is 17.7 Å². The first-order valence-electron chi connectivity index (χ1n) is 8.08. The fourth-order valence-corrected chi connectivity index (χ4v) is 2.34. The SMILES string of the molecule is O=C(Nc1ccc(F)cc1F)c1cc(NCCc2ccc(F)cc2)ncn1. The van der Waals surface area contributed by atoms with Crippen LogP contribution in [0.4, 0.5) is 24.7 Å². The molecular weight excluding hydrogens is 357 g/mol. The molecule has 27 heavy (non-hydrogen) atoms. The van der Waals surface area contributed by atoms with Gasteiger partial charge in [0.15, 0.2) is 0 Å². The molecule has 0 atom stereocenters. The molecule has 0 aliphatic carbocycles. The van der Waals surface area contributed by atoms with E-state index >= 15 is 0 Å². The van der Waals surface area contributed by atoms with Crippen LogP contribution in [0, 0.1) is 17.5 Å². The fourth-order valence-electron chi connectivity index (χ4n) is 2.34. The summed E-state index contributed by atoms with van der Waals surface area (Å²) in [6.07, 6.45) is 1.84. The lowest BCUT2D eigenvalue weighted by Gasteiger charge is -2.08. The fraction of sp³-hybridized carbons (Fsp3) is 0.105. The Hall–Kier alpha value is -3.42. The Balaban J connectivity index is 1.60. The van der Waals surface area contributed by atoms with Crippen LogP contribution in [0.25, 0.3) is 0 Å². The van der Waals surface area contributed by atoms with Crippen LogP contribution in [0.2, 0.25) is 0 Å². The standard InChI is InChI=1S/C19H15F3N4O/c20-13-3-1-12(2-4-13)7-8-23-18-10-17(24-11-25-18)19(27)26-16-6-5-14(21)9-15(16)22/h1-6,9-11H,7-8H2,(H,26,27)(H,23,24,25). The number of halogens is 3. The minimum Gasteiger partial charge on any atom is -0.370 e. The summed E-state index contributed by atoms with van der Waals surface area (Å²) in [5.41, 5.74) is 0.826. The maximum Gasteiger partial charge on any atom is 0.274 e. The van der Waals surface area contributed by atoms with Crippen LogP contribution in [0.1, 0.15) is 16.1 Å². The smallest absolute Gasteiger partial charge is 0.274 e. The number of nitrogens with one attached hydrogen (secondary N) is 2. The van der Waals surface area contributed by atoms with Gasteiger partial charge in [-0.15, -0.1) is 0 Å². The highest BCUT2D eigenvalue weighted by molar-refractivity contribution is 6.03. The van der Waals surface area contributed by atoms with Gasteiger partial charge in [-0.1, -0.05) is 12.1 Å². The zero-order valence-electron chi connectivity index (χ0n) is 14.0. The van der Waals surface area contributed by atoms with Crippen molar-refractivity contribution in [3.8, 4) is 0 Å². The van der Waals surface area contributed by atoms with Gasteiger partial charge in [-0.25, -0.2) is 23.1 Å². The van der Waals surface area contributed by atoms with Crippen LogP contribution < -0.4 is 10.6 Å². The molecule has 2 N–H and O–H groups in total. The first kappa shape index (κ1) is 18.4. The van der Waals surface area contributed by atoms with E-state index < -0.39 is 17.5 Å².